The van der Waals surface area contributed by atoms with Crippen LogP contribution < -0.4 is 16.4 Å². The summed E-state index contributed by atoms with van der Waals surface area (Å²) in [5.74, 6) is -0.453. The summed E-state index contributed by atoms with van der Waals surface area (Å²) in [5, 5.41) is 5.60. The molecule has 1 aromatic rings. The van der Waals surface area contributed by atoms with Gasteiger partial charge in [0.25, 0.3) is 0 Å². The van der Waals surface area contributed by atoms with Gasteiger partial charge in [-0.2, -0.15) is 0 Å². The Hall–Kier alpha value is -1.82. The van der Waals surface area contributed by atoms with Crippen LogP contribution in [0.15, 0.2) is 18.2 Å². The van der Waals surface area contributed by atoms with Gasteiger partial charge in [0.1, 0.15) is 5.82 Å². The lowest BCUT2D eigenvalue weighted by molar-refractivity contribution is -0.121. The predicted octanol–water partition coefficient (Wildman–Crippen LogP) is 0.972. The van der Waals surface area contributed by atoms with E-state index in [1.165, 1.54) is 18.2 Å². The Morgan fingerprint density at radius 2 is 2.22 bits per heavy atom. The number of ether oxygens (including phenoxy) is 1. The van der Waals surface area contributed by atoms with Crippen molar-refractivity contribution < 1.29 is 13.9 Å². The molecule has 1 amide bonds. The predicted molar refractivity (Wildman–Crippen MR) is 68.8 cm³/mol. The number of nitrogen functional groups attached to an aromatic ring is 1. The van der Waals surface area contributed by atoms with E-state index in [0.717, 1.165) is 0 Å². The monoisotopic (exact) mass is 255 g/mol. The number of hydrogen-bond acceptors (Lipinski definition) is 4. The number of carbonyl (C=O) groups is 1. The molecule has 1 rings (SSSR count). The molecule has 0 aromatic heterocycles. The summed E-state index contributed by atoms with van der Waals surface area (Å²) in [4.78, 5) is 11.3. The number of halogens is 1. The molecule has 0 aliphatic carbocycles. The number of hydrogen-bond donors (Lipinski definition) is 3. The van der Waals surface area contributed by atoms with Crippen molar-refractivity contribution in [1.82, 2.24) is 5.32 Å². The molecule has 4 N–H and O–H groups in total. The van der Waals surface area contributed by atoms with Crippen molar-refractivity contribution in [2.24, 2.45) is 0 Å². The van der Waals surface area contributed by atoms with Crippen molar-refractivity contribution in [3.8, 4) is 0 Å². The quantitative estimate of drug-likeness (QED) is 0.501. The van der Waals surface area contributed by atoms with Crippen molar-refractivity contribution in [3.05, 3.63) is 24.0 Å². The van der Waals surface area contributed by atoms with Crippen molar-refractivity contribution in [1.29, 1.82) is 0 Å². The number of rotatable bonds is 7. The molecular formula is C12H18FN3O2. The third-order valence-corrected chi connectivity index (χ3v) is 2.31. The summed E-state index contributed by atoms with van der Waals surface area (Å²) in [6.07, 6.45) is 0.291. The Labute approximate surface area is 106 Å². The molecule has 0 aliphatic heterocycles. The molecule has 0 bridgehead atoms. The van der Waals surface area contributed by atoms with E-state index in [-0.39, 0.29) is 11.7 Å². The number of benzene rings is 1. The van der Waals surface area contributed by atoms with E-state index < -0.39 is 0 Å². The smallest absolute Gasteiger partial charge is 0.221 e. The van der Waals surface area contributed by atoms with Crippen LogP contribution in [0.4, 0.5) is 15.8 Å². The normalized spacial score (nSPS) is 10.1. The standard InChI is InChI=1S/C12H18FN3O2/c1-18-7-6-16-12(17)4-5-15-11-8-9(13)2-3-10(11)14/h2-3,8,15H,4-7,14H2,1H3,(H,16,17). The van der Waals surface area contributed by atoms with Gasteiger partial charge < -0.3 is 21.1 Å². The molecule has 0 atom stereocenters. The molecule has 0 radical (unpaired) electrons. The first-order valence-electron chi connectivity index (χ1n) is 5.68. The SMILES string of the molecule is COCCNC(=O)CCNc1cc(F)ccc1N. The van der Waals surface area contributed by atoms with Gasteiger partial charge in [-0.1, -0.05) is 0 Å². The lowest BCUT2D eigenvalue weighted by Gasteiger charge is -2.09. The van der Waals surface area contributed by atoms with Crippen LogP contribution in [0.5, 0.6) is 0 Å². The van der Waals surface area contributed by atoms with E-state index in [9.17, 15) is 9.18 Å². The van der Waals surface area contributed by atoms with Gasteiger partial charge in [-0.3, -0.25) is 4.79 Å². The largest absolute Gasteiger partial charge is 0.397 e. The highest BCUT2D eigenvalue weighted by Gasteiger charge is 2.03. The van der Waals surface area contributed by atoms with E-state index in [1.54, 1.807) is 7.11 Å². The van der Waals surface area contributed by atoms with Crippen molar-refractivity contribution in [2.45, 2.75) is 6.42 Å². The lowest BCUT2D eigenvalue weighted by atomic mass is 10.2. The Kier molecular flexibility index (Phi) is 5.93. The average molecular weight is 255 g/mol. The highest BCUT2D eigenvalue weighted by Crippen LogP contribution is 2.18. The van der Waals surface area contributed by atoms with Gasteiger partial charge in [0, 0.05) is 26.6 Å². The second kappa shape index (κ2) is 7.50. The van der Waals surface area contributed by atoms with Gasteiger partial charge in [-0.25, -0.2) is 4.39 Å². The van der Waals surface area contributed by atoms with Gasteiger partial charge in [0.2, 0.25) is 5.91 Å². The van der Waals surface area contributed by atoms with Crippen LogP contribution in [0, 0.1) is 5.82 Å². The average Bonchev–Trinajstić information content (AvgIpc) is 2.34. The van der Waals surface area contributed by atoms with E-state index in [4.69, 9.17) is 10.5 Å². The first-order valence-corrected chi connectivity index (χ1v) is 5.68. The van der Waals surface area contributed by atoms with Gasteiger partial charge in [0.05, 0.1) is 18.0 Å². The molecule has 0 spiro atoms. The summed E-state index contributed by atoms with van der Waals surface area (Å²) in [5.41, 5.74) is 6.61. The third-order valence-electron chi connectivity index (χ3n) is 2.31. The van der Waals surface area contributed by atoms with E-state index in [2.05, 4.69) is 10.6 Å². The van der Waals surface area contributed by atoms with E-state index >= 15 is 0 Å². The number of anilines is 2. The van der Waals surface area contributed by atoms with Crippen LogP contribution in [0.1, 0.15) is 6.42 Å². The molecule has 18 heavy (non-hydrogen) atoms. The molecular weight excluding hydrogens is 237 g/mol. The second-order valence-electron chi connectivity index (χ2n) is 3.75. The van der Waals surface area contributed by atoms with Gasteiger partial charge in [-0.05, 0) is 18.2 Å². The first kappa shape index (κ1) is 14.2. The number of amides is 1. The number of nitrogens with one attached hydrogen (secondary N) is 2. The summed E-state index contributed by atoms with van der Waals surface area (Å²) < 4.78 is 17.8. The molecule has 0 heterocycles. The highest BCUT2D eigenvalue weighted by atomic mass is 19.1. The Morgan fingerprint density at radius 1 is 1.44 bits per heavy atom. The van der Waals surface area contributed by atoms with Gasteiger partial charge in [0.15, 0.2) is 0 Å². The van der Waals surface area contributed by atoms with Crippen molar-refractivity contribution in [2.75, 3.05) is 37.9 Å². The fraction of sp³-hybridized carbons (Fsp3) is 0.417. The summed E-state index contributed by atoms with van der Waals surface area (Å²) >= 11 is 0. The first-order chi connectivity index (χ1) is 8.63. The maximum absolute atomic E-state index is 12.9. The van der Waals surface area contributed by atoms with Crippen LogP contribution in [-0.4, -0.2) is 32.7 Å². The zero-order valence-electron chi connectivity index (χ0n) is 10.3. The van der Waals surface area contributed by atoms with E-state index in [0.29, 0.717) is 37.5 Å². The summed E-state index contributed by atoms with van der Waals surface area (Å²) in [6.45, 7) is 1.36. The zero-order valence-corrected chi connectivity index (χ0v) is 10.3. The molecule has 0 aliphatic rings. The highest BCUT2D eigenvalue weighted by molar-refractivity contribution is 5.76. The Morgan fingerprint density at radius 3 is 2.94 bits per heavy atom. The molecule has 0 unspecified atom stereocenters. The third kappa shape index (κ3) is 5.01. The maximum Gasteiger partial charge on any atom is 0.221 e. The molecule has 6 heteroatoms. The Bertz CT molecular complexity index is 399. The van der Waals surface area contributed by atoms with Crippen LogP contribution >= 0.6 is 0 Å². The summed E-state index contributed by atoms with van der Waals surface area (Å²) in [7, 11) is 1.57. The van der Waals surface area contributed by atoms with Crippen LogP contribution in [0.3, 0.4) is 0 Å². The van der Waals surface area contributed by atoms with Gasteiger partial charge in [-0.15, -0.1) is 0 Å². The van der Waals surface area contributed by atoms with Crippen LogP contribution in [0.2, 0.25) is 0 Å². The number of carbonyl (C=O) groups excluding carboxylic acids is 1. The van der Waals surface area contributed by atoms with E-state index in [1.807, 2.05) is 0 Å². The minimum Gasteiger partial charge on any atom is -0.397 e. The molecule has 5 nitrogen and oxygen atoms in total. The van der Waals surface area contributed by atoms with Gasteiger partial charge >= 0.3 is 0 Å². The molecule has 100 valence electrons. The van der Waals surface area contributed by atoms with Crippen LogP contribution in [0.25, 0.3) is 0 Å². The molecule has 1 aromatic carbocycles. The molecule has 0 fully saturated rings. The number of methoxy groups -OCH3 is 1. The maximum atomic E-state index is 12.9. The van der Waals surface area contributed by atoms with Crippen molar-refractivity contribution >= 4 is 17.3 Å². The molecule has 0 saturated carbocycles. The minimum absolute atomic E-state index is 0.0884. The topological polar surface area (TPSA) is 76.4 Å². The molecule has 0 saturated heterocycles. The fourth-order valence-electron chi connectivity index (χ4n) is 1.37. The van der Waals surface area contributed by atoms with Crippen molar-refractivity contribution in [3.63, 3.8) is 0 Å². The minimum atomic E-state index is -0.365. The Balaban J connectivity index is 2.28. The second-order valence-corrected chi connectivity index (χ2v) is 3.75. The number of nitrogens with two attached hydrogens (primary N) is 1. The lowest BCUT2D eigenvalue weighted by Crippen LogP contribution is -2.28. The zero-order chi connectivity index (χ0) is 13.4. The summed E-state index contributed by atoms with van der Waals surface area (Å²) in [6, 6.07) is 4.08. The van der Waals surface area contributed by atoms with Crippen LogP contribution in [-0.2, 0) is 9.53 Å². The fourth-order valence-corrected chi connectivity index (χ4v) is 1.37.